The molecule has 0 aliphatic carbocycles. The second-order valence-corrected chi connectivity index (χ2v) is 5.14. The number of aldehydes is 1. The van der Waals surface area contributed by atoms with Crippen molar-refractivity contribution in [3.63, 3.8) is 0 Å². The van der Waals surface area contributed by atoms with Crippen molar-refractivity contribution in [3.05, 3.63) is 53.6 Å². The van der Waals surface area contributed by atoms with Crippen LogP contribution >= 0.6 is 0 Å². The van der Waals surface area contributed by atoms with Gasteiger partial charge in [0, 0.05) is 5.56 Å². The minimum atomic E-state index is -0.507. The summed E-state index contributed by atoms with van der Waals surface area (Å²) in [6.45, 7) is 2.75. The van der Waals surface area contributed by atoms with Crippen molar-refractivity contribution in [2.45, 2.75) is 19.8 Å². The van der Waals surface area contributed by atoms with Gasteiger partial charge in [-0.3, -0.25) is 4.79 Å². The smallest absolute Gasteiger partial charge is 0.343 e. The molecule has 0 bridgehead atoms. The second kappa shape index (κ2) is 8.72. The van der Waals surface area contributed by atoms with E-state index in [4.69, 9.17) is 14.2 Å². The highest BCUT2D eigenvalue weighted by Gasteiger charge is 2.13. The third-order valence-electron chi connectivity index (χ3n) is 3.38. The molecule has 0 radical (unpaired) electrons. The van der Waals surface area contributed by atoms with Crippen LogP contribution in [0, 0.1) is 0 Å². The number of hydrogen-bond donors (Lipinski definition) is 0. The van der Waals surface area contributed by atoms with Crippen LogP contribution in [-0.4, -0.2) is 26.0 Å². The molecule has 2 aromatic carbocycles. The van der Waals surface area contributed by atoms with Gasteiger partial charge in [0.15, 0.2) is 11.5 Å². The lowest BCUT2D eigenvalue weighted by molar-refractivity contribution is 0.0729. The van der Waals surface area contributed by atoms with Crippen LogP contribution in [0.1, 0.15) is 40.5 Å². The lowest BCUT2D eigenvalue weighted by Gasteiger charge is -2.10. The number of carbonyl (C=O) groups excluding carboxylic acids is 2. The first-order valence-electron chi connectivity index (χ1n) is 7.76. The highest BCUT2D eigenvalue weighted by atomic mass is 16.6. The van der Waals surface area contributed by atoms with Crippen molar-refractivity contribution < 1.29 is 23.8 Å². The lowest BCUT2D eigenvalue weighted by Crippen LogP contribution is -2.09. The number of ether oxygens (including phenoxy) is 3. The first kappa shape index (κ1) is 17.5. The molecule has 0 saturated heterocycles. The van der Waals surface area contributed by atoms with E-state index < -0.39 is 5.97 Å². The fourth-order valence-electron chi connectivity index (χ4n) is 2.02. The Hall–Kier alpha value is -2.82. The quantitative estimate of drug-likeness (QED) is 0.318. The molecule has 5 nitrogen and oxygen atoms in total. The summed E-state index contributed by atoms with van der Waals surface area (Å²) in [7, 11) is 1.45. The van der Waals surface area contributed by atoms with Gasteiger partial charge in [-0.05, 0) is 48.9 Å². The minimum absolute atomic E-state index is 0.261. The van der Waals surface area contributed by atoms with E-state index in [1.54, 1.807) is 30.3 Å². The number of methoxy groups -OCH3 is 1. The molecule has 0 aliphatic rings. The lowest BCUT2D eigenvalue weighted by atomic mass is 10.2. The molecular formula is C19H20O5. The number of hydrogen-bond acceptors (Lipinski definition) is 5. The Labute approximate surface area is 141 Å². The summed E-state index contributed by atoms with van der Waals surface area (Å²) < 4.78 is 16.0. The second-order valence-electron chi connectivity index (χ2n) is 5.14. The van der Waals surface area contributed by atoms with Gasteiger partial charge in [0.05, 0.1) is 19.3 Å². The summed E-state index contributed by atoms with van der Waals surface area (Å²) in [5, 5.41) is 0. The molecule has 126 valence electrons. The van der Waals surface area contributed by atoms with Gasteiger partial charge >= 0.3 is 5.97 Å². The summed E-state index contributed by atoms with van der Waals surface area (Å²) in [6.07, 6.45) is 2.75. The van der Waals surface area contributed by atoms with Gasteiger partial charge in [-0.25, -0.2) is 4.79 Å². The number of benzene rings is 2. The maximum absolute atomic E-state index is 12.2. The fourth-order valence-corrected chi connectivity index (χ4v) is 2.02. The summed E-state index contributed by atoms with van der Waals surface area (Å²) in [4.78, 5) is 23.0. The molecule has 0 spiro atoms. The summed E-state index contributed by atoms with van der Waals surface area (Å²) in [5.41, 5.74) is 0.847. The highest BCUT2D eigenvalue weighted by Crippen LogP contribution is 2.28. The van der Waals surface area contributed by atoms with Crippen LogP contribution in [0.15, 0.2) is 42.5 Å². The summed E-state index contributed by atoms with van der Waals surface area (Å²) in [6, 6.07) is 11.4. The molecule has 0 aliphatic heterocycles. The zero-order valence-corrected chi connectivity index (χ0v) is 13.8. The fraction of sp³-hybridized carbons (Fsp3) is 0.263. The molecule has 0 unspecified atom stereocenters. The number of unbranched alkanes of at least 4 members (excludes halogenated alkanes) is 1. The largest absolute Gasteiger partial charge is 0.494 e. The van der Waals surface area contributed by atoms with Crippen LogP contribution in [0.25, 0.3) is 0 Å². The van der Waals surface area contributed by atoms with Crippen molar-refractivity contribution in [2.24, 2.45) is 0 Å². The van der Waals surface area contributed by atoms with E-state index in [0.29, 0.717) is 35.5 Å². The zero-order chi connectivity index (χ0) is 17.4. The van der Waals surface area contributed by atoms with Gasteiger partial charge in [0.1, 0.15) is 12.0 Å². The molecule has 0 N–H and O–H groups in total. The standard InChI is InChI=1S/C19H20O5/c1-3-4-11-23-16-8-6-15(7-9-16)19(21)24-17-10-5-14(13-20)12-18(17)22-2/h5-10,12-13H,3-4,11H2,1-2H3. The molecule has 0 aromatic heterocycles. The Morgan fingerprint density at radius 3 is 2.46 bits per heavy atom. The third kappa shape index (κ3) is 4.59. The van der Waals surface area contributed by atoms with Gasteiger partial charge in [-0.1, -0.05) is 13.3 Å². The molecule has 2 rings (SSSR count). The van der Waals surface area contributed by atoms with Gasteiger partial charge in [0.2, 0.25) is 0 Å². The van der Waals surface area contributed by atoms with E-state index in [-0.39, 0.29) is 5.75 Å². The van der Waals surface area contributed by atoms with Crippen molar-refractivity contribution >= 4 is 12.3 Å². The van der Waals surface area contributed by atoms with E-state index in [1.165, 1.54) is 19.2 Å². The minimum Gasteiger partial charge on any atom is -0.494 e. The maximum atomic E-state index is 12.2. The van der Waals surface area contributed by atoms with E-state index in [2.05, 4.69) is 6.92 Å². The Morgan fingerprint density at radius 2 is 1.83 bits per heavy atom. The first-order chi connectivity index (χ1) is 11.7. The summed E-state index contributed by atoms with van der Waals surface area (Å²) >= 11 is 0. The van der Waals surface area contributed by atoms with E-state index >= 15 is 0 Å². The summed E-state index contributed by atoms with van der Waals surface area (Å²) in [5.74, 6) is 0.795. The van der Waals surface area contributed by atoms with Gasteiger partial charge < -0.3 is 14.2 Å². The number of esters is 1. The Morgan fingerprint density at radius 1 is 1.08 bits per heavy atom. The topological polar surface area (TPSA) is 61.8 Å². The molecule has 0 amide bonds. The normalized spacial score (nSPS) is 10.1. The molecule has 0 atom stereocenters. The van der Waals surface area contributed by atoms with Crippen molar-refractivity contribution in [1.82, 2.24) is 0 Å². The predicted octanol–water partition coefficient (Wildman–Crippen LogP) is 3.91. The van der Waals surface area contributed by atoms with E-state index in [0.717, 1.165) is 12.8 Å². The van der Waals surface area contributed by atoms with Crippen LogP contribution in [-0.2, 0) is 0 Å². The third-order valence-corrected chi connectivity index (χ3v) is 3.38. The van der Waals surface area contributed by atoms with Crippen LogP contribution in [0.4, 0.5) is 0 Å². The first-order valence-corrected chi connectivity index (χ1v) is 7.76. The molecule has 5 heteroatoms. The average molecular weight is 328 g/mol. The van der Waals surface area contributed by atoms with Gasteiger partial charge in [-0.2, -0.15) is 0 Å². The van der Waals surface area contributed by atoms with Crippen LogP contribution in [0.5, 0.6) is 17.2 Å². The Balaban J connectivity index is 2.05. The maximum Gasteiger partial charge on any atom is 0.343 e. The SMILES string of the molecule is CCCCOc1ccc(C(=O)Oc2ccc(C=O)cc2OC)cc1. The van der Waals surface area contributed by atoms with Crippen LogP contribution < -0.4 is 14.2 Å². The van der Waals surface area contributed by atoms with Crippen molar-refractivity contribution in [1.29, 1.82) is 0 Å². The van der Waals surface area contributed by atoms with Crippen molar-refractivity contribution in [3.8, 4) is 17.2 Å². The Kier molecular flexibility index (Phi) is 6.37. The van der Waals surface area contributed by atoms with E-state index in [1.807, 2.05) is 0 Å². The highest BCUT2D eigenvalue weighted by molar-refractivity contribution is 5.91. The molecule has 2 aromatic rings. The van der Waals surface area contributed by atoms with Crippen molar-refractivity contribution in [2.75, 3.05) is 13.7 Å². The predicted molar refractivity (Wildman–Crippen MR) is 90.2 cm³/mol. The Bertz CT molecular complexity index is 691. The van der Waals surface area contributed by atoms with Gasteiger partial charge in [-0.15, -0.1) is 0 Å². The molecule has 24 heavy (non-hydrogen) atoms. The molecule has 0 heterocycles. The van der Waals surface area contributed by atoms with Crippen LogP contribution in [0.2, 0.25) is 0 Å². The monoisotopic (exact) mass is 328 g/mol. The van der Waals surface area contributed by atoms with E-state index in [9.17, 15) is 9.59 Å². The van der Waals surface area contributed by atoms with Gasteiger partial charge in [0.25, 0.3) is 0 Å². The average Bonchev–Trinajstić information content (AvgIpc) is 2.62. The number of rotatable bonds is 8. The molecule has 0 fully saturated rings. The number of carbonyl (C=O) groups is 2. The zero-order valence-electron chi connectivity index (χ0n) is 13.8. The van der Waals surface area contributed by atoms with Crippen LogP contribution in [0.3, 0.4) is 0 Å². The molecule has 0 saturated carbocycles. The molecular weight excluding hydrogens is 308 g/mol.